The lowest BCUT2D eigenvalue weighted by molar-refractivity contribution is -0.141. The van der Waals surface area contributed by atoms with Gasteiger partial charge in [0.05, 0.1) is 37.9 Å². The molecule has 3 rings (SSSR count). The van der Waals surface area contributed by atoms with Gasteiger partial charge in [0, 0.05) is 11.1 Å². The SMILES string of the molecule is COC(=O)C[C@H](C)n1c(=O)n(Cc2ccc(Cl)cc2)/c(=N/c2ccc(OC(C)C)c(F)c2)n1N. The van der Waals surface area contributed by atoms with Gasteiger partial charge in [0.25, 0.3) is 0 Å². The lowest BCUT2D eigenvalue weighted by atomic mass is 10.2. The molecule has 0 bridgehead atoms. The van der Waals surface area contributed by atoms with Crippen LogP contribution in [0, 0.1) is 5.82 Å². The van der Waals surface area contributed by atoms with Crippen LogP contribution in [0.25, 0.3) is 0 Å². The zero-order valence-corrected chi connectivity index (χ0v) is 20.1. The number of hydrogen-bond acceptors (Lipinski definition) is 6. The van der Waals surface area contributed by atoms with E-state index in [1.54, 1.807) is 51.1 Å². The molecule has 182 valence electrons. The molecule has 2 N–H and O–H groups in total. The number of halogens is 2. The molecular weight excluding hydrogens is 465 g/mol. The van der Waals surface area contributed by atoms with Gasteiger partial charge in [-0.05, 0) is 50.6 Å². The molecule has 1 aromatic heterocycles. The van der Waals surface area contributed by atoms with E-state index in [1.165, 1.54) is 28.5 Å². The lowest BCUT2D eigenvalue weighted by Gasteiger charge is -2.13. The minimum Gasteiger partial charge on any atom is -0.488 e. The molecule has 0 spiro atoms. The van der Waals surface area contributed by atoms with Crippen molar-refractivity contribution in [3.05, 3.63) is 75.0 Å². The number of methoxy groups -OCH3 is 1. The fourth-order valence-electron chi connectivity index (χ4n) is 3.38. The van der Waals surface area contributed by atoms with Crippen LogP contribution in [0.1, 0.15) is 38.8 Å². The summed E-state index contributed by atoms with van der Waals surface area (Å²) >= 11 is 5.97. The average molecular weight is 492 g/mol. The maximum absolute atomic E-state index is 14.5. The normalized spacial score (nSPS) is 12.7. The standard InChI is InChI=1S/C23H27ClFN5O4/c1-14(2)34-20-10-9-18(12-19(20)25)27-22-28(13-16-5-7-17(24)8-6-16)23(32)29(30(22)26)15(3)11-21(31)33-4/h5-10,12,14-15H,11,13,26H2,1-4H3/b27-22-/t15-/m0/s1. The highest BCUT2D eigenvalue weighted by Gasteiger charge is 2.21. The third-order valence-corrected chi connectivity index (χ3v) is 5.23. The Hall–Kier alpha value is -3.53. The summed E-state index contributed by atoms with van der Waals surface area (Å²) in [6, 6.07) is 10.6. The van der Waals surface area contributed by atoms with Gasteiger partial charge in [0.15, 0.2) is 11.6 Å². The maximum Gasteiger partial charge on any atom is 0.347 e. The average Bonchev–Trinajstić information content (AvgIpc) is 3.00. The number of rotatable bonds is 8. The topological polar surface area (TPSA) is 106 Å². The van der Waals surface area contributed by atoms with Crippen LogP contribution in [0.15, 0.2) is 52.3 Å². The number of nitrogens with zero attached hydrogens (tertiary/aromatic N) is 4. The molecule has 3 aromatic rings. The molecule has 0 saturated heterocycles. The van der Waals surface area contributed by atoms with E-state index in [0.717, 1.165) is 10.4 Å². The Labute approximate surface area is 200 Å². The van der Waals surface area contributed by atoms with Gasteiger partial charge >= 0.3 is 11.7 Å². The van der Waals surface area contributed by atoms with Gasteiger partial charge in [0.1, 0.15) is 0 Å². The number of nitrogens with two attached hydrogens (primary N) is 1. The van der Waals surface area contributed by atoms with Gasteiger partial charge in [-0.3, -0.25) is 9.36 Å². The van der Waals surface area contributed by atoms with Gasteiger partial charge in [-0.1, -0.05) is 23.7 Å². The van der Waals surface area contributed by atoms with Gasteiger partial charge < -0.3 is 15.3 Å². The van der Waals surface area contributed by atoms with E-state index in [0.29, 0.717) is 5.02 Å². The number of ether oxygens (including phenoxy) is 2. The van der Waals surface area contributed by atoms with Crippen molar-refractivity contribution in [2.75, 3.05) is 13.0 Å². The molecule has 0 amide bonds. The van der Waals surface area contributed by atoms with Crippen molar-refractivity contribution in [3.63, 3.8) is 0 Å². The minimum absolute atomic E-state index is 0.0635. The first-order chi connectivity index (χ1) is 16.1. The van der Waals surface area contributed by atoms with Crippen LogP contribution >= 0.6 is 11.6 Å². The number of carbonyl (C=O) groups is 1. The van der Waals surface area contributed by atoms with E-state index >= 15 is 0 Å². The van der Waals surface area contributed by atoms with Gasteiger partial charge in [-0.25, -0.2) is 18.9 Å². The Bertz CT molecular complexity index is 1290. The molecule has 0 radical (unpaired) electrons. The predicted molar refractivity (Wildman–Crippen MR) is 126 cm³/mol. The Morgan fingerprint density at radius 3 is 2.44 bits per heavy atom. The van der Waals surface area contributed by atoms with Crippen LogP contribution in [0.3, 0.4) is 0 Å². The highest BCUT2D eigenvalue weighted by Crippen LogP contribution is 2.23. The highest BCUT2D eigenvalue weighted by atomic mass is 35.5. The highest BCUT2D eigenvalue weighted by molar-refractivity contribution is 6.30. The Morgan fingerprint density at radius 2 is 1.85 bits per heavy atom. The second-order valence-electron chi connectivity index (χ2n) is 8.01. The summed E-state index contributed by atoms with van der Waals surface area (Å²) in [5.41, 5.74) is 0.574. The molecule has 1 atom stereocenters. The largest absolute Gasteiger partial charge is 0.488 e. The van der Waals surface area contributed by atoms with Crippen molar-refractivity contribution in [1.82, 2.24) is 14.0 Å². The molecule has 2 aromatic carbocycles. The first kappa shape index (κ1) is 25.1. The van der Waals surface area contributed by atoms with Crippen molar-refractivity contribution in [2.24, 2.45) is 4.99 Å². The zero-order valence-electron chi connectivity index (χ0n) is 19.4. The summed E-state index contributed by atoms with van der Waals surface area (Å²) in [6.45, 7) is 5.38. The Morgan fingerprint density at radius 1 is 1.18 bits per heavy atom. The summed E-state index contributed by atoms with van der Waals surface area (Å²) in [4.78, 5) is 30.6. The molecule has 9 nitrogen and oxygen atoms in total. The Kier molecular flexibility index (Phi) is 7.83. The van der Waals surface area contributed by atoms with E-state index in [4.69, 9.17) is 26.9 Å². The molecule has 34 heavy (non-hydrogen) atoms. The first-order valence-corrected chi connectivity index (χ1v) is 11.0. The fraction of sp³-hybridized carbons (Fsp3) is 0.348. The number of hydrogen-bond donors (Lipinski definition) is 1. The molecule has 0 fully saturated rings. The summed E-state index contributed by atoms with van der Waals surface area (Å²) in [5, 5.41) is 0.554. The molecule has 11 heteroatoms. The minimum atomic E-state index is -0.621. The van der Waals surface area contributed by atoms with Crippen LogP contribution in [0.2, 0.25) is 5.02 Å². The third-order valence-electron chi connectivity index (χ3n) is 4.97. The van der Waals surface area contributed by atoms with E-state index in [2.05, 4.69) is 4.99 Å². The molecular formula is C23H27ClFN5O4. The van der Waals surface area contributed by atoms with Gasteiger partial charge in [-0.15, -0.1) is 0 Å². The van der Waals surface area contributed by atoms with E-state index in [-0.39, 0.29) is 36.1 Å². The second kappa shape index (κ2) is 10.6. The van der Waals surface area contributed by atoms with Crippen molar-refractivity contribution >= 4 is 23.3 Å². The predicted octanol–water partition coefficient (Wildman–Crippen LogP) is 3.15. The quantitative estimate of drug-likeness (QED) is 0.385. The second-order valence-corrected chi connectivity index (χ2v) is 8.44. The number of esters is 1. The molecule has 0 aliphatic rings. The fourth-order valence-corrected chi connectivity index (χ4v) is 3.51. The summed E-state index contributed by atoms with van der Waals surface area (Å²) in [6.07, 6.45) is -0.271. The maximum atomic E-state index is 14.5. The van der Waals surface area contributed by atoms with Crippen molar-refractivity contribution < 1.29 is 18.7 Å². The molecule has 1 heterocycles. The van der Waals surface area contributed by atoms with Gasteiger partial charge in [-0.2, -0.15) is 4.79 Å². The molecule has 0 aliphatic carbocycles. The molecule has 0 saturated carbocycles. The van der Waals surface area contributed by atoms with Crippen LogP contribution in [-0.2, 0) is 16.1 Å². The van der Waals surface area contributed by atoms with E-state index in [1.807, 2.05) is 0 Å². The van der Waals surface area contributed by atoms with Crippen molar-refractivity contribution in [1.29, 1.82) is 0 Å². The van der Waals surface area contributed by atoms with Crippen LogP contribution in [-0.4, -0.2) is 33.2 Å². The monoisotopic (exact) mass is 491 g/mol. The zero-order chi connectivity index (χ0) is 25.0. The van der Waals surface area contributed by atoms with E-state index < -0.39 is 23.5 Å². The summed E-state index contributed by atoms with van der Waals surface area (Å²) in [7, 11) is 1.27. The number of benzene rings is 2. The van der Waals surface area contributed by atoms with Crippen molar-refractivity contribution in [3.8, 4) is 5.75 Å². The molecule has 0 aliphatic heterocycles. The number of nitrogen functional groups attached to an aromatic ring is 1. The van der Waals surface area contributed by atoms with E-state index in [9.17, 15) is 14.0 Å². The van der Waals surface area contributed by atoms with Crippen LogP contribution in [0.5, 0.6) is 5.75 Å². The molecule has 0 unspecified atom stereocenters. The summed E-state index contributed by atoms with van der Waals surface area (Å²) < 4.78 is 27.2. The van der Waals surface area contributed by atoms with Crippen LogP contribution in [0.4, 0.5) is 10.1 Å². The number of carbonyl (C=O) groups excluding carboxylic acids is 1. The smallest absolute Gasteiger partial charge is 0.347 e. The van der Waals surface area contributed by atoms with Crippen LogP contribution < -0.4 is 21.9 Å². The Balaban J connectivity index is 2.14. The van der Waals surface area contributed by atoms with Crippen molar-refractivity contribution in [2.45, 2.75) is 45.9 Å². The first-order valence-electron chi connectivity index (χ1n) is 10.6. The lowest BCUT2D eigenvalue weighted by Crippen LogP contribution is -2.36. The third kappa shape index (κ3) is 5.69. The number of aromatic nitrogens is 3. The van der Waals surface area contributed by atoms with Gasteiger partial charge in [0.2, 0.25) is 5.62 Å². The summed E-state index contributed by atoms with van der Waals surface area (Å²) in [5.74, 6) is 5.26.